The first-order valence-electron chi connectivity index (χ1n) is 6.19. The van der Waals surface area contributed by atoms with Crippen LogP contribution in [-0.2, 0) is 4.74 Å². The van der Waals surface area contributed by atoms with Gasteiger partial charge in [0, 0.05) is 19.6 Å². The number of hydrogen-bond acceptors (Lipinski definition) is 6. The van der Waals surface area contributed by atoms with Gasteiger partial charge in [0.15, 0.2) is 0 Å². The molecule has 3 atom stereocenters. The Morgan fingerprint density at radius 1 is 1.63 bits per heavy atom. The van der Waals surface area contributed by atoms with E-state index >= 15 is 0 Å². The predicted octanol–water partition coefficient (Wildman–Crippen LogP) is 1.13. The Balaban J connectivity index is 2.04. The first kappa shape index (κ1) is 13.7. The van der Waals surface area contributed by atoms with Gasteiger partial charge in [-0.15, -0.1) is 0 Å². The van der Waals surface area contributed by atoms with Gasteiger partial charge in [0.05, 0.1) is 0 Å². The smallest absolute Gasteiger partial charge is 0.406 e. The van der Waals surface area contributed by atoms with E-state index < -0.39 is 4.92 Å². The molecule has 1 aromatic heterocycles. The summed E-state index contributed by atoms with van der Waals surface area (Å²) in [7, 11) is 1.61. The molecule has 7 nitrogen and oxygen atoms in total. The van der Waals surface area contributed by atoms with Gasteiger partial charge in [0.1, 0.15) is 18.4 Å². The number of hydrogen-bond donors (Lipinski definition) is 1. The summed E-state index contributed by atoms with van der Waals surface area (Å²) in [5.41, 5.74) is 0. The molecule has 0 saturated heterocycles. The topological polar surface area (TPSA) is 86.5 Å². The Labute approximate surface area is 111 Å². The second-order valence-electron chi connectivity index (χ2n) is 4.34. The minimum Gasteiger partial charge on any atom is -0.479 e. The zero-order valence-corrected chi connectivity index (χ0v) is 10.9. The molecule has 1 N–H and O–H groups in total. The Bertz CT molecular complexity index is 454. The number of nitro groups is 1. The van der Waals surface area contributed by atoms with Crippen molar-refractivity contribution >= 4 is 5.82 Å². The standard InChI is InChI=1S/C12H17N3O4/c1-3-13-8-7-10(11(8)18-2)19-9-5-4-6-14-12(9)15(16)17/h4-6,8,10-11,13H,3,7H2,1-2H3. The molecule has 1 heterocycles. The van der Waals surface area contributed by atoms with E-state index in [2.05, 4.69) is 10.3 Å². The average molecular weight is 267 g/mol. The number of ether oxygens (including phenoxy) is 2. The molecule has 0 bridgehead atoms. The highest BCUT2D eigenvalue weighted by molar-refractivity contribution is 5.39. The molecule has 1 aliphatic carbocycles. The summed E-state index contributed by atoms with van der Waals surface area (Å²) >= 11 is 0. The van der Waals surface area contributed by atoms with E-state index in [0.717, 1.165) is 13.0 Å². The highest BCUT2D eigenvalue weighted by Crippen LogP contribution is 2.32. The minimum atomic E-state index is -0.544. The molecular formula is C12H17N3O4. The number of methoxy groups -OCH3 is 1. The number of nitrogens with one attached hydrogen (secondary N) is 1. The van der Waals surface area contributed by atoms with Gasteiger partial charge in [-0.05, 0) is 28.6 Å². The first-order valence-corrected chi connectivity index (χ1v) is 6.19. The van der Waals surface area contributed by atoms with Crippen LogP contribution in [-0.4, -0.2) is 41.8 Å². The monoisotopic (exact) mass is 267 g/mol. The molecule has 1 aromatic rings. The van der Waals surface area contributed by atoms with Crippen LogP contribution < -0.4 is 10.1 Å². The van der Waals surface area contributed by atoms with E-state index in [1.165, 1.54) is 6.20 Å². The highest BCUT2D eigenvalue weighted by atomic mass is 16.6. The zero-order chi connectivity index (χ0) is 13.8. The molecule has 7 heteroatoms. The summed E-state index contributed by atoms with van der Waals surface area (Å²) < 4.78 is 11.0. The Kier molecular flexibility index (Phi) is 4.28. The fourth-order valence-electron chi connectivity index (χ4n) is 2.25. The van der Waals surface area contributed by atoms with Crippen molar-refractivity contribution in [3.8, 4) is 5.75 Å². The second kappa shape index (κ2) is 5.94. The molecular weight excluding hydrogens is 250 g/mol. The molecule has 0 spiro atoms. The van der Waals surface area contributed by atoms with Gasteiger partial charge in [-0.1, -0.05) is 6.92 Å². The maximum Gasteiger partial charge on any atom is 0.406 e. The lowest BCUT2D eigenvalue weighted by atomic mass is 9.85. The summed E-state index contributed by atoms with van der Waals surface area (Å²) in [6.07, 6.45) is 1.86. The van der Waals surface area contributed by atoms with Crippen LogP contribution >= 0.6 is 0 Å². The van der Waals surface area contributed by atoms with Gasteiger partial charge in [0.25, 0.3) is 0 Å². The largest absolute Gasteiger partial charge is 0.479 e. The van der Waals surface area contributed by atoms with Crippen LogP contribution in [0.1, 0.15) is 13.3 Å². The van der Waals surface area contributed by atoms with Crippen LogP contribution in [0, 0.1) is 10.1 Å². The number of likely N-dealkylation sites (N-methyl/N-ethyl adjacent to an activating group) is 1. The molecule has 1 saturated carbocycles. The summed E-state index contributed by atoms with van der Waals surface area (Å²) in [6, 6.07) is 3.40. The van der Waals surface area contributed by atoms with Crippen molar-refractivity contribution in [3.05, 3.63) is 28.4 Å². The van der Waals surface area contributed by atoms with Gasteiger partial charge in [0.2, 0.25) is 5.75 Å². The molecule has 3 unspecified atom stereocenters. The molecule has 104 valence electrons. The zero-order valence-electron chi connectivity index (χ0n) is 10.9. The number of nitrogens with zero attached hydrogens (tertiary/aromatic N) is 2. The molecule has 0 radical (unpaired) electrons. The van der Waals surface area contributed by atoms with E-state index in [1.807, 2.05) is 6.92 Å². The van der Waals surface area contributed by atoms with Crippen LogP contribution in [0.15, 0.2) is 18.3 Å². The first-order chi connectivity index (χ1) is 9.17. The predicted molar refractivity (Wildman–Crippen MR) is 68.2 cm³/mol. The number of pyridine rings is 1. The molecule has 0 aromatic carbocycles. The SMILES string of the molecule is CCNC1CC(Oc2cccnc2[N+](=O)[O-])C1OC. The third-order valence-corrected chi connectivity index (χ3v) is 3.19. The van der Waals surface area contributed by atoms with Crippen molar-refractivity contribution in [1.29, 1.82) is 0 Å². The van der Waals surface area contributed by atoms with Crippen LogP contribution in [0.3, 0.4) is 0 Å². The average Bonchev–Trinajstić information content (AvgIpc) is 2.38. The van der Waals surface area contributed by atoms with E-state index in [0.29, 0.717) is 0 Å². The summed E-state index contributed by atoms with van der Waals surface area (Å²) in [5.74, 6) is -0.0706. The minimum absolute atomic E-state index is 0.0974. The van der Waals surface area contributed by atoms with Gasteiger partial charge in [-0.2, -0.15) is 0 Å². The lowest BCUT2D eigenvalue weighted by Crippen LogP contribution is -2.60. The maximum absolute atomic E-state index is 10.8. The second-order valence-corrected chi connectivity index (χ2v) is 4.34. The number of aromatic nitrogens is 1. The van der Waals surface area contributed by atoms with Crippen LogP contribution in [0.2, 0.25) is 0 Å². The Morgan fingerprint density at radius 2 is 2.42 bits per heavy atom. The van der Waals surface area contributed by atoms with Crippen molar-refractivity contribution in [3.63, 3.8) is 0 Å². The molecule has 19 heavy (non-hydrogen) atoms. The highest BCUT2D eigenvalue weighted by Gasteiger charge is 2.43. The lowest BCUT2D eigenvalue weighted by molar-refractivity contribution is -0.391. The van der Waals surface area contributed by atoms with Crippen LogP contribution in [0.5, 0.6) is 5.75 Å². The molecule has 0 amide bonds. The summed E-state index contributed by atoms with van der Waals surface area (Å²) in [5, 5.41) is 14.1. The maximum atomic E-state index is 10.8. The van der Waals surface area contributed by atoms with Crippen molar-refractivity contribution in [2.75, 3.05) is 13.7 Å². The van der Waals surface area contributed by atoms with Crippen molar-refractivity contribution in [2.45, 2.75) is 31.6 Å². The Morgan fingerprint density at radius 3 is 3.05 bits per heavy atom. The quantitative estimate of drug-likeness (QED) is 0.614. The molecule has 1 fully saturated rings. The summed E-state index contributed by atoms with van der Waals surface area (Å²) in [4.78, 5) is 14.0. The van der Waals surface area contributed by atoms with E-state index in [4.69, 9.17) is 9.47 Å². The lowest BCUT2D eigenvalue weighted by Gasteiger charge is -2.43. The van der Waals surface area contributed by atoms with Gasteiger partial charge < -0.3 is 24.9 Å². The number of rotatable bonds is 6. The third-order valence-electron chi connectivity index (χ3n) is 3.19. The summed E-state index contributed by atoms with van der Waals surface area (Å²) in [6.45, 7) is 2.87. The van der Waals surface area contributed by atoms with Crippen LogP contribution in [0.4, 0.5) is 5.82 Å². The molecule has 0 aliphatic heterocycles. The molecule has 2 rings (SSSR count). The fraction of sp³-hybridized carbons (Fsp3) is 0.583. The third kappa shape index (κ3) is 2.82. The fourth-order valence-corrected chi connectivity index (χ4v) is 2.25. The van der Waals surface area contributed by atoms with Gasteiger partial charge in [-0.25, -0.2) is 0 Å². The molecule has 1 aliphatic rings. The van der Waals surface area contributed by atoms with Crippen molar-refractivity contribution in [2.24, 2.45) is 0 Å². The van der Waals surface area contributed by atoms with E-state index in [1.54, 1.807) is 19.2 Å². The van der Waals surface area contributed by atoms with Gasteiger partial charge in [-0.3, -0.25) is 0 Å². The van der Waals surface area contributed by atoms with E-state index in [9.17, 15) is 10.1 Å². The van der Waals surface area contributed by atoms with Gasteiger partial charge >= 0.3 is 5.82 Å². The van der Waals surface area contributed by atoms with Crippen molar-refractivity contribution < 1.29 is 14.4 Å². The van der Waals surface area contributed by atoms with E-state index in [-0.39, 0.29) is 29.8 Å². The Hall–Kier alpha value is -1.73. The van der Waals surface area contributed by atoms with Crippen LogP contribution in [0.25, 0.3) is 0 Å². The normalized spacial score (nSPS) is 25.7. The van der Waals surface area contributed by atoms with Crippen molar-refractivity contribution in [1.82, 2.24) is 10.3 Å².